The second kappa shape index (κ2) is 5.70. The van der Waals surface area contributed by atoms with Gasteiger partial charge < -0.3 is 0 Å². The summed E-state index contributed by atoms with van der Waals surface area (Å²) in [5.41, 5.74) is 4.49. The first-order valence-electron chi connectivity index (χ1n) is 5.73. The van der Waals surface area contributed by atoms with Crippen LogP contribution in [0.4, 0.5) is 4.39 Å². The Morgan fingerprint density at radius 3 is 2.89 bits per heavy atom. The quantitative estimate of drug-likeness (QED) is 0.600. The monoisotopic (exact) mass is 249 g/mol. The second-order valence-electron chi connectivity index (χ2n) is 4.29. The van der Waals surface area contributed by atoms with E-state index >= 15 is 0 Å². The van der Waals surface area contributed by atoms with E-state index in [1.807, 2.05) is 19.3 Å². The Labute approximate surface area is 105 Å². The van der Waals surface area contributed by atoms with Gasteiger partial charge in [0, 0.05) is 25.7 Å². The summed E-state index contributed by atoms with van der Waals surface area (Å²) in [5.74, 6) is 5.28. The highest BCUT2D eigenvalue weighted by atomic mass is 19.1. The summed E-state index contributed by atoms with van der Waals surface area (Å²) < 4.78 is 14.7. The number of aromatic nitrogens is 3. The minimum atomic E-state index is -0.234. The van der Waals surface area contributed by atoms with Crippen molar-refractivity contribution in [1.29, 1.82) is 0 Å². The smallest absolute Gasteiger partial charge is 0.123 e. The van der Waals surface area contributed by atoms with Gasteiger partial charge in [0.15, 0.2) is 0 Å². The van der Waals surface area contributed by atoms with Gasteiger partial charge in [-0.3, -0.25) is 16.0 Å². The highest BCUT2D eigenvalue weighted by Crippen LogP contribution is 2.08. The Hall–Kier alpha value is -1.79. The summed E-state index contributed by atoms with van der Waals surface area (Å²) in [6.45, 7) is 0. The van der Waals surface area contributed by atoms with Crippen LogP contribution in [0.3, 0.4) is 0 Å². The largest absolute Gasteiger partial charge is 0.271 e. The van der Waals surface area contributed by atoms with Crippen molar-refractivity contribution in [2.75, 3.05) is 0 Å². The van der Waals surface area contributed by atoms with Gasteiger partial charge in [0.1, 0.15) is 5.82 Å². The molecule has 0 bridgehead atoms. The zero-order valence-corrected chi connectivity index (χ0v) is 10.2. The van der Waals surface area contributed by atoms with E-state index in [0.717, 1.165) is 11.3 Å². The molecule has 0 aliphatic carbocycles. The summed E-state index contributed by atoms with van der Waals surface area (Å²) in [4.78, 5) is 0. The molecule has 1 aromatic carbocycles. The van der Waals surface area contributed by atoms with Gasteiger partial charge in [0.25, 0.3) is 0 Å². The molecule has 18 heavy (non-hydrogen) atoms. The van der Waals surface area contributed by atoms with Crippen LogP contribution in [0.15, 0.2) is 30.5 Å². The van der Waals surface area contributed by atoms with Gasteiger partial charge in [0.05, 0.1) is 5.69 Å². The van der Waals surface area contributed by atoms with Crippen molar-refractivity contribution in [1.82, 2.24) is 20.4 Å². The fourth-order valence-electron chi connectivity index (χ4n) is 1.88. The van der Waals surface area contributed by atoms with Gasteiger partial charge in [0.2, 0.25) is 0 Å². The Bertz CT molecular complexity index is 511. The van der Waals surface area contributed by atoms with E-state index in [-0.39, 0.29) is 11.9 Å². The van der Waals surface area contributed by atoms with Gasteiger partial charge in [-0.1, -0.05) is 17.3 Å². The average Bonchev–Trinajstić information content (AvgIpc) is 2.74. The number of nitrogens with two attached hydrogens (primary N) is 1. The molecule has 2 rings (SSSR count). The van der Waals surface area contributed by atoms with Gasteiger partial charge in [-0.25, -0.2) is 4.39 Å². The van der Waals surface area contributed by atoms with E-state index in [9.17, 15) is 4.39 Å². The number of hydrogen-bond donors (Lipinski definition) is 2. The number of halogens is 1. The lowest BCUT2D eigenvalue weighted by Crippen LogP contribution is -2.38. The van der Waals surface area contributed by atoms with Crippen LogP contribution >= 0.6 is 0 Å². The third-order valence-corrected chi connectivity index (χ3v) is 2.71. The topological polar surface area (TPSA) is 68.8 Å². The minimum Gasteiger partial charge on any atom is -0.271 e. The van der Waals surface area contributed by atoms with Crippen LogP contribution in [0.25, 0.3) is 0 Å². The molecule has 5 nitrogen and oxygen atoms in total. The lowest BCUT2D eigenvalue weighted by molar-refractivity contribution is 0.515. The van der Waals surface area contributed by atoms with Crippen LogP contribution in [-0.4, -0.2) is 21.0 Å². The van der Waals surface area contributed by atoms with E-state index in [1.54, 1.807) is 10.7 Å². The molecule has 1 atom stereocenters. The van der Waals surface area contributed by atoms with Crippen LogP contribution in [0.5, 0.6) is 0 Å². The van der Waals surface area contributed by atoms with E-state index in [2.05, 4.69) is 15.7 Å². The van der Waals surface area contributed by atoms with Crippen molar-refractivity contribution in [3.8, 4) is 0 Å². The number of nitrogens with zero attached hydrogens (tertiary/aromatic N) is 3. The maximum absolute atomic E-state index is 13.1. The molecule has 0 fully saturated rings. The predicted molar refractivity (Wildman–Crippen MR) is 65.9 cm³/mol. The molecule has 1 aromatic heterocycles. The van der Waals surface area contributed by atoms with E-state index in [0.29, 0.717) is 12.8 Å². The summed E-state index contributed by atoms with van der Waals surface area (Å²) in [7, 11) is 1.81. The summed E-state index contributed by atoms with van der Waals surface area (Å²) >= 11 is 0. The molecule has 1 unspecified atom stereocenters. The van der Waals surface area contributed by atoms with Crippen molar-refractivity contribution in [2.24, 2.45) is 12.9 Å². The van der Waals surface area contributed by atoms with Gasteiger partial charge in [-0.05, 0) is 24.1 Å². The maximum atomic E-state index is 13.1. The summed E-state index contributed by atoms with van der Waals surface area (Å²) in [5, 5.41) is 7.87. The minimum absolute atomic E-state index is 0.00324. The molecule has 0 aliphatic heterocycles. The van der Waals surface area contributed by atoms with Gasteiger partial charge in [-0.15, -0.1) is 5.10 Å². The molecule has 0 saturated heterocycles. The van der Waals surface area contributed by atoms with Crippen LogP contribution in [0.1, 0.15) is 11.3 Å². The molecule has 0 amide bonds. The van der Waals surface area contributed by atoms with Crippen LogP contribution in [0.2, 0.25) is 0 Å². The zero-order valence-electron chi connectivity index (χ0n) is 10.2. The third kappa shape index (κ3) is 3.35. The van der Waals surface area contributed by atoms with Crippen molar-refractivity contribution < 1.29 is 4.39 Å². The lowest BCUT2D eigenvalue weighted by atomic mass is 10.0. The van der Waals surface area contributed by atoms with Gasteiger partial charge >= 0.3 is 0 Å². The molecule has 96 valence electrons. The highest BCUT2D eigenvalue weighted by Gasteiger charge is 2.11. The molecule has 0 radical (unpaired) electrons. The second-order valence-corrected chi connectivity index (χ2v) is 4.29. The van der Waals surface area contributed by atoms with Crippen molar-refractivity contribution in [3.63, 3.8) is 0 Å². The SMILES string of the molecule is Cn1cc(CC(Cc2cccc(F)c2)NN)nn1. The number of aryl methyl sites for hydroxylation is 1. The molecule has 1 heterocycles. The molecular formula is C12H16FN5. The standard InChI is InChI=1S/C12H16FN5/c1-18-8-12(16-17-18)7-11(15-14)6-9-3-2-4-10(13)5-9/h2-5,8,11,15H,6-7,14H2,1H3. The van der Waals surface area contributed by atoms with Gasteiger partial charge in [-0.2, -0.15) is 0 Å². The van der Waals surface area contributed by atoms with Crippen molar-refractivity contribution in [2.45, 2.75) is 18.9 Å². The van der Waals surface area contributed by atoms with Crippen LogP contribution < -0.4 is 11.3 Å². The molecule has 6 heteroatoms. The first-order chi connectivity index (χ1) is 8.67. The number of rotatable bonds is 5. The predicted octanol–water partition coefficient (Wildman–Crippen LogP) is 0.571. The Balaban J connectivity index is 2.01. The number of benzene rings is 1. The normalized spacial score (nSPS) is 12.6. The first-order valence-corrected chi connectivity index (χ1v) is 5.73. The lowest BCUT2D eigenvalue weighted by Gasteiger charge is -2.14. The fraction of sp³-hybridized carbons (Fsp3) is 0.333. The first kappa shape index (κ1) is 12.7. The van der Waals surface area contributed by atoms with E-state index in [1.165, 1.54) is 12.1 Å². The molecule has 0 aliphatic rings. The molecule has 0 saturated carbocycles. The number of nitrogens with one attached hydrogen (secondary N) is 1. The van der Waals surface area contributed by atoms with E-state index < -0.39 is 0 Å². The zero-order chi connectivity index (χ0) is 13.0. The molecular weight excluding hydrogens is 233 g/mol. The van der Waals surface area contributed by atoms with Crippen molar-refractivity contribution >= 4 is 0 Å². The Morgan fingerprint density at radius 1 is 1.44 bits per heavy atom. The number of hydrazine groups is 1. The third-order valence-electron chi connectivity index (χ3n) is 2.71. The number of hydrogen-bond acceptors (Lipinski definition) is 4. The fourth-order valence-corrected chi connectivity index (χ4v) is 1.88. The average molecular weight is 249 g/mol. The highest BCUT2D eigenvalue weighted by molar-refractivity contribution is 5.18. The summed E-state index contributed by atoms with van der Waals surface area (Å²) in [6.07, 6.45) is 3.14. The Morgan fingerprint density at radius 2 is 2.28 bits per heavy atom. The van der Waals surface area contributed by atoms with Crippen molar-refractivity contribution in [3.05, 3.63) is 47.5 Å². The molecule has 0 spiro atoms. The van der Waals surface area contributed by atoms with Crippen LogP contribution in [0, 0.1) is 5.82 Å². The summed E-state index contributed by atoms with van der Waals surface area (Å²) in [6, 6.07) is 6.52. The molecule has 2 aromatic rings. The van der Waals surface area contributed by atoms with E-state index in [4.69, 9.17) is 5.84 Å². The Kier molecular flexibility index (Phi) is 4.01. The van der Waals surface area contributed by atoms with Crippen LogP contribution in [-0.2, 0) is 19.9 Å². The molecule has 3 N–H and O–H groups in total. The maximum Gasteiger partial charge on any atom is 0.123 e.